The highest BCUT2D eigenvalue weighted by molar-refractivity contribution is 5.84. The molecular weight excluding hydrogens is 230 g/mol. The number of fused-ring (bicyclic) bond motifs is 1. The van der Waals surface area contributed by atoms with Gasteiger partial charge in [0.2, 0.25) is 5.88 Å². The van der Waals surface area contributed by atoms with E-state index in [1.807, 2.05) is 30.3 Å². The maximum absolute atomic E-state index is 12.0. The minimum absolute atomic E-state index is 0.209. The molecule has 3 aromatic rings. The molecule has 0 aliphatic rings. The number of H-pyrrole nitrogens is 1. The van der Waals surface area contributed by atoms with Crippen LogP contribution < -0.4 is 10.3 Å². The number of aromatic nitrogens is 3. The van der Waals surface area contributed by atoms with Gasteiger partial charge in [0.1, 0.15) is 5.39 Å². The molecule has 0 aliphatic heterocycles. The first-order chi connectivity index (χ1) is 8.81. The summed E-state index contributed by atoms with van der Waals surface area (Å²) in [5.74, 6) is 0.337. The van der Waals surface area contributed by atoms with E-state index in [-0.39, 0.29) is 5.56 Å². The average Bonchev–Trinajstić information content (AvgIpc) is 2.77. The molecule has 5 heteroatoms. The van der Waals surface area contributed by atoms with E-state index in [0.717, 1.165) is 11.2 Å². The molecule has 0 spiro atoms. The Labute approximate surface area is 103 Å². The number of nitrogens with zero attached hydrogens (tertiary/aromatic N) is 2. The second-order valence-electron chi connectivity index (χ2n) is 3.83. The molecule has 0 fully saturated rings. The smallest absolute Gasteiger partial charge is 0.277 e. The second kappa shape index (κ2) is 4.03. The Morgan fingerprint density at radius 1 is 1.22 bits per heavy atom. The summed E-state index contributed by atoms with van der Waals surface area (Å²) in [6.45, 7) is 0. The average molecular weight is 241 g/mol. The minimum atomic E-state index is -0.209. The Hall–Kier alpha value is -2.56. The molecule has 0 saturated heterocycles. The van der Waals surface area contributed by atoms with E-state index in [1.54, 1.807) is 16.9 Å². The first-order valence-electron chi connectivity index (χ1n) is 5.50. The molecule has 1 aromatic carbocycles. The predicted octanol–water partition coefficient (Wildman–Crippen LogP) is 1.72. The summed E-state index contributed by atoms with van der Waals surface area (Å²) >= 11 is 0. The maximum atomic E-state index is 12.0. The number of methoxy groups -OCH3 is 1. The molecule has 1 N–H and O–H groups in total. The summed E-state index contributed by atoms with van der Waals surface area (Å²) in [7, 11) is 1.50. The summed E-state index contributed by atoms with van der Waals surface area (Å²) in [4.78, 5) is 16.0. The second-order valence-corrected chi connectivity index (χ2v) is 3.83. The lowest BCUT2D eigenvalue weighted by Crippen LogP contribution is -2.04. The molecule has 0 saturated carbocycles. The van der Waals surface area contributed by atoms with E-state index in [2.05, 4.69) is 10.1 Å². The Bertz CT molecular complexity index is 744. The minimum Gasteiger partial charge on any atom is -0.480 e. The number of benzene rings is 1. The summed E-state index contributed by atoms with van der Waals surface area (Å²) in [5, 5.41) is 3.25. The molecule has 5 nitrogen and oxygen atoms in total. The van der Waals surface area contributed by atoms with Crippen LogP contribution in [0.1, 0.15) is 0 Å². The zero-order chi connectivity index (χ0) is 12.5. The van der Waals surface area contributed by atoms with Crippen molar-refractivity contribution in [2.45, 2.75) is 0 Å². The van der Waals surface area contributed by atoms with E-state index >= 15 is 0 Å². The van der Waals surface area contributed by atoms with E-state index < -0.39 is 0 Å². The van der Waals surface area contributed by atoms with Crippen LogP contribution in [0.2, 0.25) is 0 Å². The highest BCUT2D eigenvalue weighted by Gasteiger charge is 2.13. The largest absolute Gasteiger partial charge is 0.480 e. The van der Waals surface area contributed by atoms with Crippen LogP contribution in [0, 0.1) is 0 Å². The zero-order valence-electron chi connectivity index (χ0n) is 9.75. The predicted molar refractivity (Wildman–Crippen MR) is 68.2 cm³/mol. The first-order valence-corrected chi connectivity index (χ1v) is 5.50. The van der Waals surface area contributed by atoms with Gasteiger partial charge in [0.25, 0.3) is 5.56 Å². The quantitative estimate of drug-likeness (QED) is 0.743. The van der Waals surface area contributed by atoms with Crippen LogP contribution in [0.25, 0.3) is 16.6 Å². The molecule has 0 amide bonds. The Balaban J connectivity index is 2.37. The molecule has 3 rings (SSSR count). The monoisotopic (exact) mass is 241 g/mol. The van der Waals surface area contributed by atoms with Gasteiger partial charge in [-0.2, -0.15) is 0 Å². The van der Waals surface area contributed by atoms with Crippen LogP contribution >= 0.6 is 0 Å². The van der Waals surface area contributed by atoms with Crippen LogP contribution in [0.15, 0.2) is 47.4 Å². The Morgan fingerprint density at radius 3 is 2.72 bits per heavy atom. The third kappa shape index (κ3) is 1.48. The Morgan fingerprint density at radius 2 is 2.00 bits per heavy atom. The van der Waals surface area contributed by atoms with Gasteiger partial charge in [0.15, 0.2) is 0 Å². The molecule has 0 radical (unpaired) electrons. The van der Waals surface area contributed by atoms with Crippen molar-refractivity contribution >= 4 is 10.9 Å². The lowest BCUT2D eigenvalue weighted by atomic mass is 10.3. The normalized spacial score (nSPS) is 10.7. The third-order valence-corrected chi connectivity index (χ3v) is 2.78. The summed E-state index contributed by atoms with van der Waals surface area (Å²) in [6, 6.07) is 11.4. The number of pyridine rings is 1. The fourth-order valence-corrected chi connectivity index (χ4v) is 1.99. The van der Waals surface area contributed by atoms with Crippen LogP contribution in [0.4, 0.5) is 0 Å². The van der Waals surface area contributed by atoms with Gasteiger partial charge in [-0.15, -0.1) is 0 Å². The fourth-order valence-electron chi connectivity index (χ4n) is 1.99. The van der Waals surface area contributed by atoms with Gasteiger partial charge in [-0.25, -0.2) is 4.98 Å². The maximum Gasteiger partial charge on any atom is 0.277 e. The van der Waals surface area contributed by atoms with Crippen molar-refractivity contribution in [1.82, 2.24) is 14.8 Å². The summed E-state index contributed by atoms with van der Waals surface area (Å²) < 4.78 is 6.84. The van der Waals surface area contributed by atoms with E-state index in [9.17, 15) is 4.79 Å². The highest BCUT2D eigenvalue weighted by atomic mass is 16.5. The van der Waals surface area contributed by atoms with Gasteiger partial charge in [-0.05, 0) is 18.2 Å². The van der Waals surface area contributed by atoms with Gasteiger partial charge < -0.3 is 4.74 Å². The van der Waals surface area contributed by atoms with E-state index in [0.29, 0.717) is 11.3 Å². The molecule has 90 valence electrons. The highest BCUT2D eigenvalue weighted by Crippen LogP contribution is 2.21. The summed E-state index contributed by atoms with van der Waals surface area (Å²) in [5.41, 5.74) is 1.43. The van der Waals surface area contributed by atoms with Gasteiger partial charge in [0.05, 0.1) is 18.3 Å². The lowest BCUT2D eigenvalue weighted by Gasteiger charge is -2.04. The molecule has 0 unspecified atom stereocenters. The van der Waals surface area contributed by atoms with E-state index in [1.165, 1.54) is 7.11 Å². The molecule has 0 atom stereocenters. The zero-order valence-corrected chi connectivity index (χ0v) is 9.75. The van der Waals surface area contributed by atoms with Gasteiger partial charge in [-0.3, -0.25) is 14.6 Å². The van der Waals surface area contributed by atoms with Crippen LogP contribution in [-0.2, 0) is 0 Å². The van der Waals surface area contributed by atoms with Gasteiger partial charge >= 0.3 is 0 Å². The number of ether oxygens (including phenoxy) is 1. The molecule has 0 aliphatic carbocycles. The SMILES string of the molecule is COc1nccc2c1c(=O)[nH]n2-c1ccccc1. The van der Waals surface area contributed by atoms with Crippen molar-refractivity contribution < 1.29 is 4.74 Å². The molecule has 18 heavy (non-hydrogen) atoms. The van der Waals surface area contributed by atoms with Crippen molar-refractivity contribution in [1.29, 1.82) is 0 Å². The number of hydrogen-bond donors (Lipinski definition) is 1. The molecule has 0 bridgehead atoms. The van der Waals surface area contributed by atoms with Crippen LogP contribution in [-0.4, -0.2) is 21.9 Å². The van der Waals surface area contributed by atoms with Crippen LogP contribution in [0.3, 0.4) is 0 Å². The number of rotatable bonds is 2. The standard InChI is InChI=1S/C13H11N3O2/c1-18-13-11-10(7-8-14-13)16(15-12(11)17)9-5-3-2-4-6-9/h2-8H,1H3,(H,15,17). The Kier molecular flexibility index (Phi) is 2.37. The van der Waals surface area contributed by atoms with Gasteiger partial charge in [0, 0.05) is 6.20 Å². The van der Waals surface area contributed by atoms with Crippen LogP contribution in [0.5, 0.6) is 5.88 Å². The lowest BCUT2D eigenvalue weighted by molar-refractivity contribution is 0.403. The first kappa shape index (κ1) is 10.6. The third-order valence-electron chi connectivity index (χ3n) is 2.78. The fraction of sp³-hybridized carbons (Fsp3) is 0.0769. The van der Waals surface area contributed by atoms with Crippen molar-refractivity contribution in [3.63, 3.8) is 0 Å². The topological polar surface area (TPSA) is 59.9 Å². The van der Waals surface area contributed by atoms with Gasteiger partial charge in [-0.1, -0.05) is 18.2 Å². The van der Waals surface area contributed by atoms with Crippen molar-refractivity contribution in [2.75, 3.05) is 7.11 Å². The number of hydrogen-bond acceptors (Lipinski definition) is 3. The molecule has 2 heterocycles. The van der Waals surface area contributed by atoms with Crippen molar-refractivity contribution in [2.24, 2.45) is 0 Å². The van der Waals surface area contributed by atoms with E-state index in [4.69, 9.17) is 4.74 Å². The van der Waals surface area contributed by atoms with Crippen molar-refractivity contribution in [3.05, 3.63) is 52.9 Å². The number of aromatic amines is 1. The number of para-hydroxylation sites is 1. The summed E-state index contributed by atoms with van der Waals surface area (Å²) in [6.07, 6.45) is 1.62. The number of nitrogens with one attached hydrogen (secondary N) is 1. The van der Waals surface area contributed by atoms with Crippen molar-refractivity contribution in [3.8, 4) is 11.6 Å². The molecule has 2 aromatic heterocycles. The molecular formula is C13H11N3O2.